The van der Waals surface area contributed by atoms with Gasteiger partial charge >= 0.3 is 0 Å². The van der Waals surface area contributed by atoms with Crippen LogP contribution in [0.3, 0.4) is 0 Å². The standard InChI is InChI=1S/C8H10ClF2N3/c1-14(5-8(10)11)4-6-2-13-7(9)3-12-6/h2-3,8H,4-5H2,1H3. The first-order chi connectivity index (χ1) is 6.58. The molecule has 0 saturated heterocycles. The van der Waals surface area contributed by atoms with Crippen LogP contribution in [0.15, 0.2) is 12.4 Å². The third kappa shape index (κ3) is 3.93. The lowest BCUT2D eigenvalue weighted by molar-refractivity contribution is 0.0970. The van der Waals surface area contributed by atoms with E-state index in [9.17, 15) is 8.78 Å². The van der Waals surface area contributed by atoms with Crippen LogP contribution in [0, 0.1) is 0 Å². The predicted octanol–water partition coefficient (Wildman–Crippen LogP) is 1.83. The number of aromatic nitrogens is 2. The van der Waals surface area contributed by atoms with E-state index in [0.717, 1.165) is 0 Å². The van der Waals surface area contributed by atoms with Crippen molar-refractivity contribution in [2.45, 2.75) is 13.0 Å². The zero-order chi connectivity index (χ0) is 10.6. The molecule has 1 aromatic rings. The van der Waals surface area contributed by atoms with Crippen LogP contribution in [0.2, 0.25) is 5.15 Å². The molecule has 1 rings (SSSR count). The summed E-state index contributed by atoms with van der Waals surface area (Å²) < 4.78 is 23.9. The monoisotopic (exact) mass is 221 g/mol. The normalized spacial score (nSPS) is 11.3. The van der Waals surface area contributed by atoms with Crippen LogP contribution in [0.5, 0.6) is 0 Å². The molecule has 1 heterocycles. The van der Waals surface area contributed by atoms with E-state index in [1.54, 1.807) is 7.05 Å². The Bertz CT molecular complexity index is 278. The first kappa shape index (κ1) is 11.3. The molecule has 0 unspecified atom stereocenters. The maximum atomic E-state index is 12.0. The zero-order valence-electron chi connectivity index (χ0n) is 7.62. The van der Waals surface area contributed by atoms with E-state index in [2.05, 4.69) is 9.97 Å². The summed E-state index contributed by atoms with van der Waals surface area (Å²) >= 11 is 5.53. The minimum atomic E-state index is -2.33. The zero-order valence-corrected chi connectivity index (χ0v) is 8.38. The van der Waals surface area contributed by atoms with Gasteiger partial charge in [-0.05, 0) is 7.05 Å². The SMILES string of the molecule is CN(Cc1cnc(Cl)cn1)CC(F)F. The highest BCUT2D eigenvalue weighted by atomic mass is 35.5. The van der Waals surface area contributed by atoms with Crippen molar-refractivity contribution in [1.29, 1.82) is 0 Å². The van der Waals surface area contributed by atoms with Gasteiger partial charge in [-0.3, -0.25) is 9.88 Å². The Balaban J connectivity index is 2.47. The molecule has 0 atom stereocenters. The van der Waals surface area contributed by atoms with Crippen molar-refractivity contribution in [2.75, 3.05) is 13.6 Å². The number of nitrogens with zero attached hydrogens (tertiary/aromatic N) is 3. The lowest BCUT2D eigenvalue weighted by atomic mass is 10.4. The molecule has 1 aromatic heterocycles. The second-order valence-corrected chi connectivity index (χ2v) is 3.31. The van der Waals surface area contributed by atoms with E-state index in [1.807, 2.05) is 0 Å². The number of hydrogen-bond acceptors (Lipinski definition) is 3. The van der Waals surface area contributed by atoms with Gasteiger partial charge < -0.3 is 0 Å². The molecule has 0 aliphatic heterocycles. The Kier molecular flexibility index (Phi) is 4.16. The minimum Gasteiger partial charge on any atom is -0.295 e. The van der Waals surface area contributed by atoms with Gasteiger partial charge in [0.05, 0.1) is 24.6 Å². The Labute approximate surface area is 85.7 Å². The Morgan fingerprint density at radius 1 is 1.43 bits per heavy atom. The van der Waals surface area contributed by atoms with Gasteiger partial charge in [-0.15, -0.1) is 0 Å². The molecular weight excluding hydrogens is 212 g/mol. The first-order valence-electron chi connectivity index (χ1n) is 4.01. The van der Waals surface area contributed by atoms with Crippen molar-refractivity contribution in [3.8, 4) is 0 Å². The summed E-state index contributed by atoms with van der Waals surface area (Å²) in [6.07, 6.45) is 0.539. The fourth-order valence-corrected chi connectivity index (χ4v) is 1.09. The molecule has 0 radical (unpaired) electrons. The summed E-state index contributed by atoms with van der Waals surface area (Å²) in [7, 11) is 1.60. The van der Waals surface area contributed by atoms with Crippen molar-refractivity contribution >= 4 is 11.6 Å². The molecule has 0 aromatic carbocycles. The molecule has 14 heavy (non-hydrogen) atoms. The van der Waals surface area contributed by atoms with Crippen LogP contribution in [-0.2, 0) is 6.54 Å². The van der Waals surface area contributed by atoms with E-state index in [0.29, 0.717) is 17.4 Å². The average molecular weight is 222 g/mol. The van der Waals surface area contributed by atoms with Gasteiger partial charge in [-0.1, -0.05) is 11.6 Å². The highest BCUT2D eigenvalue weighted by Crippen LogP contribution is 2.04. The summed E-state index contributed by atoms with van der Waals surface area (Å²) in [6, 6.07) is 0. The van der Waals surface area contributed by atoms with Crippen LogP contribution in [0.1, 0.15) is 5.69 Å². The number of rotatable bonds is 4. The quantitative estimate of drug-likeness (QED) is 0.777. The summed E-state index contributed by atoms with van der Waals surface area (Å²) in [6.45, 7) is 0.0683. The molecule has 3 nitrogen and oxygen atoms in total. The van der Waals surface area contributed by atoms with Gasteiger partial charge in [0.2, 0.25) is 0 Å². The Morgan fingerprint density at radius 3 is 2.64 bits per heavy atom. The summed E-state index contributed by atoms with van der Waals surface area (Å²) in [4.78, 5) is 9.22. The Hall–Kier alpha value is -0.810. The van der Waals surface area contributed by atoms with E-state index in [-0.39, 0.29) is 6.54 Å². The fraction of sp³-hybridized carbons (Fsp3) is 0.500. The van der Waals surface area contributed by atoms with E-state index < -0.39 is 6.43 Å². The molecule has 0 spiro atoms. The molecule has 0 amide bonds. The molecule has 0 N–H and O–H groups in total. The summed E-state index contributed by atoms with van der Waals surface area (Å²) in [5, 5.41) is 0.297. The lowest BCUT2D eigenvalue weighted by Crippen LogP contribution is -2.24. The van der Waals surface area contributed by atoms with Crippen LogP contribution >= 0.6 is 11.6 Å². The molecular formula is C8H10ClF2N3. The first-order valence-corrected chi connectivity index (χ1v) is 4.39. The third-order valence-electron chi connectivity index (χ3n) is 1.56. The van der Waals surface area contributed by atoms with Crippen LogP contribution in [0.25, 0.3) is 0 Å². The van der Waals surface area contributed by atoms with Gasteiger partial charge in [0.1, 0.15) is 5.15 Å². The lowest BCUT2D eigenvalue weighted by Gasteiger charge is -2.14. The summed E-state index contributed by atoms with van der Waals surface area (Å²) in [5.74, 6) is 0. The van der Waals surface area contributed by atoms with E-state index in [4.69, 9.17) is 11.6 Å². The molecule has 78 valence electrons. The maximum Gasteiger partial charge on any atom is 0.251 e. The topological polar surface area (TPSA) is 29.0 Å². The number of halogens is 3. The second kappa shape index (κ2) is 5.17. The van der Waals surface area contributed by atoms with Gasteiger partial charge in [0.15, 0.2) is 0 Å². The number of alkyl halides is 2. The van der Waals surface area contributed by atoms with Crippen molar-refractivity contribution < 1.29 is 8.78 Å². The van der Waals surface area contributed by atoms with Crippen LogP contribution < -0.4 is 0 Å². The largest absolute Gasteiger partial charge is 0.295 e. The van der Waals surface area contributed by atoms with Crippen LogP contribution in [-0.4, -0.2) is 34.9 Å². The van der Waals surface area contributed by atoms with Gasteiger partial charge in [-0.2, -0.15) is 0 Å². The van der Waals surface area contributed by atoms with Crippen molar-refractivity contribution in [3.63, 3.8) is 0 Å². The van der Waals surface area contributed by atoms with Gasteiger partial charge in [-0.25, -0.2) is 13.8 Å². The Morgan fingerprint density at radius 2 is 2.14 bits per heavy atom. The van der Waals surface area contributed by atoms with Gasteiger partial charge in [0.25, 0.3) is 6.43 Å². The smallest absolute Gasteiger partial charge is 0.251 e. The summed E-state index contributed by atoms with van der Waals surface area (Å²) in [5.41, 5.74) is 0.623. The van der Waals surface area contributed by atoms with Gasteiger partial charge in [0, 0.05) is 6.54 Å². The van der Waals surface area contributed by atoms with Crippen molar-refractivity contribution in [2.24, 2.45) is 0 Å². The second-order valence-electron chi connectivity index (χ2n) is 2.92. The van der Waals surface area contributed by atoms with Crippen molar-refractivity contribution in [3.05, 3.63) is 23.2 Å². The van der Waals surface area contributed by atoms with Crippen LogP contribution in [0.4, 0.5) is 8.78 Å². The molecule has 6 heteroatoms. The van der Waals surface area contributed by atoms with E-state index >= 15 is 0 Å². The fourth-order valence-electron chi connectivity index (χ4n) is 0.997. The predicted molar refractivity (Wildman–Crippen MR) is 49.4 cm³/mol. The number of hydrogen-bond donors (Lipinski definition) is 0. The maximum absolute atomic E-state index is 12.0. The highest BCUT2D eigenvalue weighted by Gasteiger charge is 2.08. The molecule has 0 aliphatic carbocycles. The molecule has 0 bridgehead atoms. The average Bonchev–Trinajstić information content (AvgIpc) is 2.07. The highest BCUT2D eigenvalue weighted by molar-refractivity contribution is 6.29. The third-order valence-corrected chi connectivity index (χ3v) is 1.75. The minimum absolute atomic E-state index is 0.274. The molecule has 0 fully saturated rings. The molecule has 0 saturated carbocycles. The van der Waals surface area contributed by atoms with Crippen molar-refractivity contribution in [1.82, 2.24) is 14.9 Å². The van der Waals surface area contributed by atoms with E-state index in [1.165, 1.54) is 17.3 Å². The molecule has 0 aliphatic rings.